The van der Waals surface area contributed by atoms with E-state index in [1.54, 1.807) is 0 Å². The van der Waals surface area contributed by atoms with E-state index >= 15 is 0 Å². The van der Waals surface area contributed by atoms with Crippen LogP contribution in [0.3, 0.4) is 0 Å². The largest absolute Gasteiger partial charge is 0.481 e. The topological polar surface area (TPSA) is 63.6 Å². The van der Waals surface area contributed by atoms with Crippen LogP contribution in [0.25, 0.3) is 0 Å². The molecule has 0 aliphatic rings. The molecule has 0 aromatic rings. The number of carboxylic acids is 1. The van der Waals surface area contributed by atoms with Crippen molar-refractivity contribution >= 4 is 11.9 Å². The van der Waals surface area contributed by atoms with E-state index in [-0.39, 0.29) is 5.97 Å². The maximum atomic E-state index is 11.6. The minimum absolute atomic E-state index is 0.0154. The number of ether oxygens (including phenoxy) is 1. The summed E-state index contributed by atoms with van der Waals surface area (Å²) in [5.41, 5.74) is 0. The highest BCUT2D eigenvalue weighted by molar-refractivity contribution is 5.69. The fourth-order valence-corrected chi connectivity index (χ4v) is 3.45. The SMILES string of the molecule is CCCCCCCC(=O)OCCCCCCCCCCCCCCCC(=O)O. The van der Waals surface area contributed by atoms with Gasteiger partial charge in [-0.25, -0.2) is 0 Å². The standard InChI is InChI=1S/C24H46O4/c1-2-3-4-14-18-21-24(27)28-22-19-16-13-11-9-7-5-6-8-10-12-15-17-20-23(25)26/h2-22H2,1H3,(H,25,26). The molecule has 0 aromatic carbocycles. The molecule has 0 spiro atoms. The van der Waals surface area contributed by atoms with Gasteiger partial charge < -0.3 is 9.84 Å². The van der Waals surface area contributed by atoms with Gasteiger partial charge in [-0.15, -0.1) is 0 Å². The van der Waals surface area contributed by atoms with Gasteiger partial charge in [0.2, 0.25) is 0 Å². The molecule has 0 aliphatic carbocycles. The lowest BCUT2D eigenvalue weighted by Gasteiger charge is -2.05. The minimum Gasteiger partial charge on any atom is -0.481 e. The zero-order chi connectivity index (χ0) is 20.7. The Morgan fingerprint density at radius 3 is 1.43 bits per heavy atom. The Labute approximate surface area is 173 Å². The number of hydrogen-bond donors (Lipinski definition) is 1. The first-order chi connectivity index (χ1) is 13.7. The maximum Gasteiger partial charge on any atom is 0.305 e. The lowest BCUT2D eigenvalue weighted by Crippen LogP contribution is -2.05. The van der Waals surface area contributed by atoms with Crippen LogP contribution in [0, 0.1) is 0 Å². The van der Waals surface area contributed by atoms with Gasteiger partial charge in [-0.05, 0) is 19.3 Å². The molecule has 0 heterocycles. The van der Waals surface area contributed by atoms with Crippen LogP contribution >= 0.6 is 0 Å². The van der Waals surface area contributed by atoms with E-state index in [9.17, 15) is 9.59 Å². The lowest BCUT2D eigenvalue weighted by atomic mass is 10.0. The smallest absolute Gasteiger partial charge is 0.305 e. The van der Waals surface area contributed by atoms with Crippen LogP contribution in [0.2, 0.25) is 0 Å². The monoisotopic (exact) mass is 398 g/mol. The molecule has 166 valence electrons. The summed E-state index contributed by atoms with van der Waals surface area (Å²) in [6.07, 6.45) is 22.4. The summed E-state index contributed by atoms with van der Waals surface area (Å²) in [4.78, 5) is 22.0. The van der Waals surface area contributed by atoms with E-state index in [0.717, 1.165) is 32.1 Å². The van der Waals surface area contributed by atoms with Crippen LogP contribution in [0.1, 0.15) is 135 Å². The Hall–Kier alpha value is -1.06. The number of unbranched alkanes of at least 4 members (excludes halogenated alkanes) is 16. The third kappa shape index (κ3) is 23.0. The number of carbonyl (C=O) groups excluding carboxylic acids is 1. The van der Waals surface area contributed by atoms with Crippen molar-refractivity contribution in [1.82, 2.24) is 0 Å². The van der Waals surface area contributed by atoms with Crippen molar-refractivity contribution in [3.8, 4) is 0 Å². The molecule has 4 nitrogen and oxygen atoms in total. The molecule has 0 aliphatic heterocycles. The van der Waals surface area contributed by atoms with Crippen molar-refractivity contribution in [2.24, 2.45) is 0 Å². The first-order valence-electron chi connectivity index (χ1n) is 12.0. The molecule has 0 bridgehead atoms. The van der Waals surface area contributed by atoms with Crippen LogP contribution in [0.15, 0.2) is 0 Å². The molecule has 0 aromatic heterocycles. The average molecular weight is 399 g/mol. The van der Waals surface area contributed by atoms with Gasteiger partial charge >= 0.3 is 11.9 Å². The molecule has 0 saturated carbocycles. The fraction of sp³-hybridized carbons (Fsp3) is 0.917. The van der Waals surface area contributed by atoms with Gasteiger partial charge in [0, 0.05) is 12.8 Å². The summed E-state index contributed by atoms with van der Waals surface area (Å²) in [6, 6.07) is 0. The summed E-state index contributed by atoms with van der Waals surface area (Å²) >= 11 is 0. The molecule has 1 N–H and O–H groups in total. The molecule has 0 amide bonds. The van der Waals surface area contributed by atoms with Crippen molar-refractivity contribution in [2.45, 2.75) is 135 Å². The van der Waals surface area contributed by atoms with E-state index in [2.05, 4.69) is 6.92 Å². The Morgan fingerprint density at radius 1 is 0.571 bits per heavy atom. The molecule has 0 rings (SSSR count). The van der Waals surface area contributed by atoms with Crippen molar-refractivity contribution in [3.05, 3.63) is 0 Å². The van der Waals surface area contributed by atoms with Crippen LogP contribution in [0.5, 0.6) is 0 Å². The quantitative estimate of drug-likeness (QED) is 0.152. The maximum absolute atomic E-state index is 11.6. The van der Waals surface area contributed by atoms with Gasteiger partial charge in [0.15, 0.2) is 0 Å². The van der Waals surface area contributed by atoms with Gasteiger partial charge in [0.05, 0.1) is 6.61 Å². The fourth-order valence-electron chi connectivity index (χ4n) is 3.45. The van der Waals surface area contributed by atoms with Crippen LogP contribution in [0.4, 0.5) is 0 Å². The summed E-state index contributed by atoms with van der Waals surface area (Å²) in [5, 5.41) is 8.57. The third-order valence-corrected chi connectivity index (χ3v) is 5.28. The molecule has 0 fully saturated rings. The van der Waals surface area contributed by atoms with Crippen molar-refractivity contribution < 1.29 is 19.4 Å². The second kappa shape index (κ2) is 22.2. The first kappa shape index (κ1) is 26.9. The van der Waals surface area contributed by atoms with Gasteiger partial charge in [0.25, 0.3) is 0 Å². The highest BCUT2D eigenvalue weighted by atomic mass is 16.5. The summed E-state index contributed by atoms with van der Waals surface area (Å²) < 4.78 is 5.30. The molecule has 0 radical (unpaired) electrons. The van der Waals surface area contributed by atoms with Crippen LogP contribution in [-0.4, -0.2) is 23.7 Å². The predicted molar refractivity (Wildman–Crippen MR) is 117 cm³/mol. The zero-order valence-corrected chi connectivity index (χ0v) is 18.5. The van der Waals surface area contributed by atoms with E-state index in [4.69, 9.17) is 9.84 Å². The second-order valence-corrected chi connectivity index (χ2v) is 8.12. The number of rotatable bonds is 22. The van der Waals surface area contributed by atoms with E-state index < -0.39 is 5.97 Å². The Morgan fingerprint density at radius 2 is 0.964 bits per heavy atom. The number of hydrogen-bond acceptors (Lipinski definition) is 3. The second-order valence-electron chi connectivity index (χ2n) is 8.12. The van der Waals surface area contributed by atoms with Crippen LogP contribution in [-0.2, 0) is 14.3 Å². The number of carbonyl (C=O) groups is 2. The number of esters is 1. The van der Waals surface area contributed by atoms with Crippen molar-refractivity contribution in [1.29, 1.82) is 0 Å². The average Bonchev–Trinajstić information content (AvgIpc) is 2.67. The summed E-state index contributed by atoms with van der Waals surface area (Å²) in [5.74, 6) is -0.687. The van der Waals surface area contributed by atoms with E-state index in [1.807, 2.05) is 0 Å². The number of aliphatic carboxylic acids is 1. The molecular weight excluding hydrogens is 352 g/mol. The molecule has 0 unspecified atom stereocenters. The highest BCUT2D eigenvalue weighted by Crippen LogP contribution is 2.13. The van der Waals surface area contributed by atoms with Gasteiger partial charge in [0.1, 0.15) is 0 Å². The Balaban J connectivity index is 3.11. The van der Waals surface area contributed by atoms with Crippen molar-refractivity contribution in [3.63, 3.8) is 0 Å². The number of carboxylic acid groups (broad SMARTS) is 1. The predicted octanol–water partition coefficient (Wildman–Crippen LogP) is 7.44. The van der Waals surface area contributed by atoms with Gasteiger partial charge in [-0.1, -0.05) is 103 Å². The molecule has 4 heteroatoms. The lowest BCUT2D eigenvalue weighted by molar-refractivity contribution is -0.144. The van der Waals surface area contributed by atoms with Gasteiger partial charge in [-0.2, -0.15) is 0 Å². The normalized spacial score (nSPS) is 10.9. The van der Waals surface area contributed by atoms with E-state index in [1.165, 1.54) is 83.5 Å². The van der Waals surface area contributed by atoms with Gasteiger partial charge in [-0.3, -0.25) is 9.59 Å². The minimum atomic E-state index is -0.672. The molecular formula is C24H46O4. The van der Waals surface area contributed by atoms with Crippen molar-refractivity contribution in [2.75, 3.05) is 6.61 Å². The summed E-state index contributed by atoms with van der Waals surface area (Å²) in [7, 11) is 0. The zero-order valence-electron chi connectivity index (χ0n) is 18.5. The molecule has 0 atom stereocenters. The third-order valence-electron chi connectivity index (χ3n) is 5.28. The first-order valence-corrected chi connectivity index (χ1v) is 12.0. The highest BCUT2D eigenvalue weighted by Gasteiger charge is 2.02. The molecule has 0 saturated heterocycles. The Bertz CT molecular complexity index is 355. The van der Waals surface area contributed by atoms with Crippen LogP contribution < -0.4 is 0 Å². The molecule has 28 heavy (non-hydrogen) atoms. The Kier molecular flexibility index (Phi) is 21.4. The summed E-state index contributed by atoms with van der Waals surface area (Å²) in [6.45, 7) is 2.80. The van der Waals surface area contributed by atoms with E-state index in [0.29, 0.717) is 19.4 Å².